The van der Waals surface area contributed by atoms with E-state index in [2.05, 4.69) is 0 Å². The van der Waals surface area contributed by atoms with Crippen molar-refractivity contribution >= 4 is 66.9 Å². The molecule has 19 atom stereocenters. The van der Waals surface area contributed by atoms with Gasteiger partial charge in [0.25, 0.3) is 0 Å². The lowest BCUT2D eigenvalue weighted by atomic mass is 9.84. The van der Waals surface area contributed by atoms with Crippen molar-refractivity contribution in [1.29, 1.82) is 0 Å². The average molecular weight is 1110 g/mol. The molecule has 2 N–H and O–H groups in total. The number of aliphatic hydroxyl groups is 2. The Kier molecular flexibility index (Phi) is 25.3. The highest BCUT2D eigenvalue weighted by molar-refractivity contribution is 8.77. The molecule has 73 heavy (non-hydrogen) atoms. The fourth-order valence-electron chi connectivity index (χ4n) is 11.2. The summed E-state index contributed by atoms with van der Waals surface area (Å²) in [6, 6.07) is -0.883. The van der Waals surface area contributed by atoms with E-state index >= 15 is 4.79 Å². The van der Waals surface area contributed by atoms with Crippen LogP contribution in [0.2, 0.25) is 0 Å². The molecule has 0 bridgehead atoms. The number of nitrogens with zero attached hydrogens (tertiary/aromatic N) is 2. The molecule has 5 saturated heterocycles. The van der Waals surface area contributed by atoms with Crippen LogP contribution in [-0.4, -0.2) is 185 Å². The minimum Gasteiger partial charge on any atom is -0.459 e. The number of aliphatic hydroxyl groups excluding tert-OH is 1. The van der Waals surface area contributed by atoms with Crippen molar-refractivity contribution in [1.82, 2.24) is 9.80 Å². The van der Waals surface area contributed by atoms with Crippen molar-refractivity contribution in [3.05, 3.63) is 0 Å². The lowest BCUT2D eigenvalue weighted by Crippen LogP contribution is -2.60. The molecule has 0 aromatic carbocycles. The van der Waals surface area contributed by atoms with Gasteiger partial charge >= 0.3 is 17.9 Å². The van der Waals surface area contributed by atoms with Gasteiger partial charge in [-0.05, 0) is 120 Å². The van der Waals surface area contributed by atoms with Crippen molar-refractivity contribution in [2.75, 3.05) is 46.3 Å². The number of ether oxygens (including phenoxy) is 8. The number of methoxy groups -OCH3 is 1. The lowest BCUT2D eigenvalue weighted by Gasteiger charge is -2.47. The Bertz CT molecular complexity index is 1740. The molecular weight excluding hydrogens is 1020 g/mol. The van der Waals surface area contributed by atoms with E-state index in [1.807, 2.05) is 94.9 Å². The predicted molar refractivity (Wildman–Crippen MR) is 290 cm³/mol. The minimum atomic E-state index is -1.85. The van der Waals surface area contributed by atoms with Crippen LogP contribution >= 0.6 is 43.2 Å². The molecule has 0 radical (unpaired) electrons. The van der Waals surface area contributed by atoms with Crippen molar-refractivity contribution in [2.24, 2.45) is 17.8 Å². The third-order valence-electron chi connectivity index (χ3n) is 15.9. The van der Waals surface area contributed by atoms with E-state index in [-0.39, 0.29) is 61.9 Å². The first-order chi connectivity index (χ1) is 34.5. The summed E-state index contributed by atoms with van der Waals surface area (Å²) in [6.07, 6.45) is -0.920. The molecular formula is C53H92N2O14S4. The fraction of sp³-hybridized carbons (Fsp3) is 0.925. The van der Waals surface area contributed by atoms with E-state index in [4.69, 9.17) is 37.9 Å². The van der Waals surface area contributed by atoms with Gasteiger partial charge in [-0.15, -0.1) is 0 Å². The van der Waals surface area contributed by atoms with Crippen LogP contribution in [0.15, 0.2) is 0 Å². The van der Waals surface area contributed by atoms with Gasteiger partial charge < -0.3 is 53.0 Å². The maximum atomic E-state index is 15.2. The summed E-state index contributed by atoms with van der Waals surface area (Å²) in [6.45, 7) is 16.4. The average Bonchev–Trinajstić information content (AvgIpc) is 4.07. The monoisotopic (exact) mass is 1110 g/mol. The number of carbonyl (C=O) groups excluding carboxylic acids is 4. The molecule has 5 heterocycles. The van der Waals surface area contributed by atoms with E-state index in [9.17, 15) is 24.6 Å². The maximum Gasteiger partial charge on any atom is 0.311 e. The standard InChI is InChI=1S/C53H92N2O14S4/c1-14-41-53(9,61)49(67-43(58)22-18-16-20-38-24-26-71-73-38)35(6)55(12)30-31(2)27-40(56)46(33(4)45(34(5)50(60)65-41)68-44-29-52(8,62-13)48(59)36(7)64-44)69-51-47(39(54(10)11)28-32(3)63-51)66-42(57)21-17-15-19-37-23-25-70-72-37/h31-39,41,44-49,51,59,61H,14-30H2,1-13H3/t31-,32-,33+,34-,35-,36+,37?,38?,39?,41-,44+,45+,46-,47-,48+,49-,51+,52-,53-/m1/s1. The SMILES string of the molecule is CC[C@H]1OC(=O)[C@H](C)[C@@H](O[C@H]2C[C@@](C)(OC)[C@@H](O)[C@H](C)O2)[C@H](C)[C@@H](O[C@@H]2O[C@H](C)CC(N(C)C)[C@H]2OC(=O)CCCCC2CCSS2)C(=O)C[C@@H](C)CN(C)[C@H](C)[C@@H](OC(=O)CCCCC2CCSS2)[C@]1(C)O. The third kappa shape index (κ3) is 17.6. The molecule has 20 heteroatoms. The molecule has 0 aromatic heterocycles. The summed E-state index contributed by atoms with van der Waals surface area (Å²) in [5.41, 5.74) is -2.93. The Morgan fingerprint density at radius 1 is 0.863 bits per heavy atom. The first-order valence-electron chi connectivity index (χ1n) is 27.1. The number of unbranched alkanes of at least 4 members (excludes halogenated alkanes) is 2. The van der Waals surface area contributed by atoms with Crippen molar-refractivity contribution < 1.29 is 67.3 Å². The predicted octanol–water partition coefficient (Wildman–Crippen LogP) is 8.25. The first-order valence-corrected chi connectivity index (χ1v) is 31.9. The van der Waals surface area contributed by atoms with Crippen LogP contribution in [-0.2, 0) is 57.1 Å². The van der Waals surface area contributed by atoms with Gasteiger partial charge in [-0.1, -0.05) is 76.8 Å². The highest BCUT2D eigenvalue weighted by Gasteiger charge is 2.52. The molecule has 5 aliphatic heterocycles. The number of likely N-dealkylation sites (N-methyl/N-ethyl adjacent to an activating group) is 2. The first kappa shape index (κ1) is 63.0. The van der Waals surface area contributed by atoms with Gasteiger partial charge in [0.05, 0.1) is 35.9 Å². The number of cyclic esters (lactones) is 1. The molecule has 5 fully saturated rings. The lowest BCUT2D eigenvalue weighted by molar-refractivity contribution is -0.305. The van der Waals surface area contributed by atoms with Crippen LogP contribution < -0.4 is 0 Å². The Balaban J connectivity index is 1.49. The number of esters is 3. The van der Waals surface area contributed by atoms with Crippen molar-refractivity contribution in [2.45, 2.75) is 247 Å². The normalized spacial score (nSPS) is 40.7. The highest BCUT2D eigenvalue weighted by atomic mass is 33.1. The number of Topliss-reactive ketones (excluding diaryl/α,β-unsaturated/α-hetero) is 1. The fourth-order valence-corrected chi connectivity index (χ4v) is 17.2. The van der Waals surface area contributed by atoms with E-state index in [1.54, 1.807) is 41.5 Å². The largest absolute Gasteiger partial charge is 0.459 e. The van der Waals surface area contributed by atoms with Crippen molar-refractivity contribution in [3.63, 3.8) is 0 Å². The Morgan fingerprint density at radius 2 is 1.47 bits per heavy atom. The zero-order valence-electron chi connectivity index (χ0n) is 46.2. The summed E-state index contributed by atoms with van der Waals surface area (Å²) < 4.78 is 51.4. The van der Waals surface area contributed by atoms with Gasteiger partial charge in [-0.25, -0.2) is 0 Å². The molecule has 3 unspecified atom stereocenters. The Hall–Kier alpha value is -0.880. The quantitative estimate of drug-likeness (QED) is 0.0544. The van der Waals surface area contributed by atoms with E-state index in [1.165, 1.54) is 20.0 Å². The van der Waals surface area contributed by atoms with E-state index < -0.39 is 96.3 Å². The second-order valence-corrected chi connectivity index (χ2v) is 27.9. The molecule has 5 rings (SSSR count). The van der Waals surface area contributed by atoms with Gasteiger partial charge in [-0.3, -0.25) is 24.1 Å². The Labute approximate surface area is 453 Å². The summed E-state index contributed by atoms with van der Waals surface area (Å²) in [5, 5.41) is 25.0. The number of ketones is 1. The molecule has 16 nitrogen and oxygen atoms in total. The van der Waals surface area contributed by atoms with Crippen molar-refractivity contribution in [3.8, 4) is 0 Å². The summed E-state index contributed by atoms with van der Waals surface area (Å²) in [4.78, 5) is 61.5. The Morgan fingerprint density at radius 3 is 2.01 bits per heavy atom. The molecule has 0 spiro atoms. The molecule has 0 amide bonds. The third-order valence-corrected chi connectivity index (χ3v) is 21.9. The highest BCUT2D eigenvalue weighted by Crippen LogP contribution is 2.42. The van der Waals surface area contributed by atoms with Crippen LogP contribution in [0.1, 0.15) is 152 Å². The zero-order valence-corrected chi connectivity index (χ0v) is 49.4. The molecule has 5 aliphatic rings. The van der Waals surface area contributed by atoms with Gasteiger partial charge in [0.1, 0.15) is 30.0 Å². The van der Waals surface area contributed by atoms with Crippen LogP contribution in [0.3, 0.4) is 0 Å². The van der Waals surface area contributed by atoms with Crippen LogP contribution in [0.5, 0.6) is 0 Å². The van der Waals surface area contributed by atoms with Gasteiger partial charge in [0.2, 0.25) is 0 Å². The van der Waals surface area contributed by atoms with Crippen LogP contribution in [0, 0.1) is 17.8 Å². The number of hydrogen-bond acceptors (Lipinski definition) is 20. The second kappa shape index (κ2) is 29.4. The van der Waals surface area contributed by atoms with Gasteiger partial charge in [-0.2, -0.15) is 0 Å². The molecule has 422 valence electrons. The summed E-state index contributed by atoms with van der Waals surface area (Å²) in [5.74, 6) is -1.78. The molecule has 0 aliphatic carbocycles. The molecule has 0 aromatic rings. The summed E-state index contributed by atoms with van der Waals surface area (Å²) in [7, 11) is 14.9. The zero-order chi connectivity index (χ0) is 53.8. The maximum absolute atomic E-state index is 15.2. The van der Waals surface area contributed by atoms with E-state index in [0.717, 1.165) is 37.2 Å². The molecule has 0 saturated carbocycles. The van der Waals surface area contributed by atoms with Gasteiger partial charge in [0, 0.05) is 73.3 Å². The van der Waals surface area contributed by atoms with Crippen LogP contribution in [0.25, 0.3) is 0 Å². The summed E-state index contributed by atoms with van der Waals surface area (Å²) >= 11 is 0. The number of rotatable bonds is 19. The van der Waals surface area contributed by atoms with E-state index in [0.29, 0.717) is 36.3 Å². The number of carbonyl (C=O) groups is 4. The topological polar surface area (TPSA) is 189 Å². The smallest absolute Gasteiger partial charge is 0.311 e. The number of hydrogen-bond donors (Lipinski definition) is 2. The van der Waals surface area contributed by atoms with Gasteiger partial charge in [0.15, 0.2) is 24.5 Å². The van der Waals surface area contributed by atoms with Crippen LogP contribution in [0.4, 0.5) is 0 Å². The minimum absolute atomic E-state index is 0.0281. The second-order valence-electron chi connectivity index (χ2n) is 22.4.